The van der Waals surface area contributed by atoms with Crippen molar-refractivity contribution in [1.82, 2.24) is 19.6 Å². The largest absolute Gasteiger partial charge is 0.417 e. The summed E-state index contributed by atoms with van der Waals surface area (Å²) in [7, 11) is -3.73. The van der Waals surface area contributed by atoms with Crippen molar-refractivity contribution < 1.29 is 21.6 Å². The molecule has 0 saturated carbocycles. The molecular weight excluding hydrogens is 477 g/mol. The Morgan fingerprint density at radius 1 is 1.06 bits per heavy atom. The van der Waals surface area contributed by atoms with Gasteiger partial charge in [0.25, 0.3) is 0 Å². The third kappa shape index (κ3) is 4.78. The highest BCUT2D eigenvalue weighted by atomic mass is 32.2. The third-order valence-corrected chi connectivity index (χ3v) is 8.17. The minimum absolute atomic E-state index is 0.0157. The van der Waals surface area contributed by atoms with E-state index in [4.69, 9.17) is 0 Å². The number of benzene rings is 2. The van der Waals surface area contributed by atoms with E-state index in [1.807, 2.05) is 12.1 Å². The summed E-state index contributed by atoms with van der Waals surface area (Å²) in [6.45, 7) is 2.12. The Morgan fingerprint density at radius 3 is 2.57 bits per heavy atom. The van der Waals surface area contributed by atoms with Crippen molar-refractivity contribution in [3.8, 4) is 0 Å². The first kappa shape index (κ1) is 23.8. The SMILES string of the molecule is O=S(=O)(NCCN1CCC(c2c[nH]c3cccc(C(F)(F)F)c23)CC1)c1cccc2cccnc12. The summed E-state index contributed by atoms with van der Waals surface area (Å²) < 4.78 is 69.1. The smallest absolute Gasteiger partial charge is 0.361 e. The van der Waals surface area contributed by atoms with Crippen LogP contribution in [0.15, 0.2) is 65.8 Å². The number of rotatable bonds is 6. The maximum atomic E-state index is 13.6. The Labute approximate surface area is 201 Å². The van der Waals surface area contributed by atoms with E-state index < -0.39 is 21.8 Å². The van der Waals surface area contributed by atoms with E-state index in [-0.39, 0.29) is 22.7 Å². The van der Waals surface area contributed by atoms with Gasteiger partial charge in [0.1, 0.15) is 4.90 Å². The van der Waals surface area contributed by atoms with Gasteiger partial charge in [-0.05, 0) is 61.7 Å². The normalized spacial score (nSPS) is 16.3. The molecule has 35 heavy (non-hydrogen) atoms. The number of fused-ring (bicyclic) bond motifs is 2. The molecule has 2 N–H and O–H groups in total. The highest BCUT2D eigenvalue weighted by molar-refractivity contribution is 7.89. The summed E-state index contributed by atoms with van der Waals surface area (Å²) in [4.78, 5) is 9.50. The second-order valence-electron chi connectivity index (χ2n) is 8.81. The highest BCUT2D eigenvalue weighted by Crippen LogP contribution is 2.40. The summed E-state index contributed by atoms with van der Waals surface area (Å²) in [5.74, 6) is 0.0157. The standard InChI is InChI=1S/C25H25F3N4O2S/c26-25(27,28)20-6-2-7-21-23(20)19(16-30-21)17-9-13-32(14-10-17)15-12-31-35(33,34)22-8-1-4-18-5-3-11-29-24(18)22/h1-8,11,16-17,30-31H,9-10,12-15H2. The molecule has 0 radical (unpaired) electrons. The molecule has 0 atom stereocenters. The lowest BCUT2D eigenvalue weighted by atomic mass is 9.88. The molecule has 184 valence electrons. The molecule has 0 spiro atoms. The Hall–Kier alpha value is -2.95. The van der Waals surface area contributed by atoms with Crippen LogP contribution in [-0.2, 0) is 16.2 Å². The maximum Gasteiger partial charge on any atom is 0.417 e. The summed E-state index contributed by atoms with van der Waals surface area (Å²) in [6.07, 6.45) is 0.273. The van der Waals surface area contributed by atoms with E-state index in [1.54, 1.807) is 36.7 Å². The van der Waals surface area contributed by atoms with Crippen molar-refractivity contribution in [2.75, 3.05) is 26.2 Å². The number of nitrogens with zero attached hydrogens (tertiary/aromatic N) is 2. The lowest BCUT2D eigenvalue weighted by molar-refractivity contribution is -0.136. The van der Waals surface area contributed by atoms with Crippen LogP contribution in [0.4, 0.5) is 13.2 Å². The molecule has 0 unspecified atom stereocenters. The van der Waals surface area contributed by atoms with Gasteiger partial charge < -0.3 is 9.88 Å². The number of hydrogen-bond donors (Lipinski definition) is 2. The molecule has 2 aromatic heterocycles. The number of alkyl halides is 3. The summed E-state index contributed by atoms with van der Waals surface area (Å²) in [6, 6.07) is 12.8. The molecule has 1 saturated heterocycles. The minimum Gasteiger partial charge on any atom is -0.361 e. The molecule has 6 nitrogen and oxygen atoms in total. The van der Waals surface area contributed by atoms with Crippen LogP contribution in [0.1, 0.15) is 29.9 Å². The van der Waals surface area contributed by atoms with Crippen LogP contribution >= 0.6 is 0 Å². The number of aromatic amines is 1. The fourth-order valence-corrected chi connectivity index (χ4v) is 6.14. The van der Waals surface area contributed by atoms with E-state index in [9.17, 15) is 21.6 Å². The monoisotopic (exact) mass is 502 g/mol. The van der Waals surface area contributed by atoms with Gasteiger partial charge in [0.05, 0.1) is 11.1 Å². The summed E-state index contributed by atoms with van der Waals surface area (Å²) in [5.41, 5.74) is 1.03. The summed E-state index contributed by atoms with van der Waals surface area (Å²) >= 11 is 0. The lowest BCUT2D eigenvalue weighted by Gasteiger charge is -2.32. The van der Waals surface area contributed by atoms with E-state index in [1.165, 1.54) is 6.07 Å². The van der Waals surface area contributed by atoms with E-state index >= 15 is 0 Å². The number of pyridine rings is 1. The van der Waals surface area contributed by atoms with E-state index in [0.29, 0.717) is 49.1 Å². The van der Waals surface area contributed by atoms with Crippen molar-refractivity contribution in [3.63, 3.8) is 0 Å². The van der Waals surface area contributed by atoms with Crippen molar-refractivity contribution >= 4 is 31.8 Å². The first-order chi connectivity index (χ1) is 16.7. The molecule has 0 amide bonds. The fourth-order valence-electron chi connectivity index (χ4n) is 4.95. The second-order valence-corrected chi connectivity index (χ2v) is 10.6. The molecule has 2 aromatic carbocycles. The van der Waals surface area contributed by atoms with Crippen LogP contribution in [0.2, 0.25) is 0 Å². The van der Waals surface area contributed by atoms with Gasteiger partial charge in [0.2, 0.25) is 10.0 Å². The predicted molar refractivity (Wildman–Crippen MR) is 129 cm³/mol. The highest BCUT2D eigenvalue weighted by Gasteiger charge is 2.35. The van der Waals surface area contributed by atoms with Crippen LogP contribution in [0, 0.1) is 0 Å². The van der Waals surface area contributed by atoms with Gasteiger partial charge in [0.15, 0.2) is 0 Å². The molecular formula is C25H25F3N4O2S. The summed E-state index contributed by atoms with van der Waals surface area (Å²) in [5, 5.41) is 1.01. The molecule has 10 heteroatoms. The number of hydrogen-bond acceptors (Lipinski definition) is 4. The van der Waals surface area contributed by atoms with Crippen LogP contribution in [0.3, 0.4) is 0 Å². The molecule has 1 aliphatic heterocycles. The number of likely N-dealkylation sites (tertiary alicyclic amines) is 1. The zero-order valence-electron chi connectivity index (χ0n) is 18.8. The number of nitrogens with one attached hydrogen (secondary N) is 2. The first-order valence-corrected chi connectivity index (χ1v) is 13.0. The Balaban J connectivity index is 1.21. The van der Waals surface area contributed by atoms with Gasteiger partial charge >= 0.3 is 6.18 Å². The number of H-pyrrole nitrogens is 1. The van der Waals surface area contributed by atoms with Gasteiger partial charge in [0, 0.05) is 41.8 Å². The maximum absolute atomic E-state index is 13.6. The Morgan fingerprint density at radius 2 is 1.80 bits per heavy atom. The second kappa shape index (κ2) is 9.25. The molecule has 3 heterocycles. The predicted octanol–water partition coefficient (Wildman–Crippen LogP) is 4.89. The van der Waals surface area contributed by atoms with Gasteiger partial charge in [-0.25, -0.2) is 13.1 Å². The van der Waals surface area contributed by atoms with Gasteiger partial charge in [-0.2, -0.15) is 13.2 Å². The van der Waals surface area contributed by atoms with Crippen molar-refractivity contribution in [1.29, 1.82) is 0 Å². The van der Waals surface area contributed by atoms with Crippen LogP contribution < -0.4 is 4.72 Å². The molecule has 1 aliphatic rings. The van der Waals surface area contributed by atoms with Crippen molar-refractivity contribution in [3.05, 3.63) is 72.1 Å². The number of para-hydroxylation sites is 1. The molecule has 0 bridgehead atoms. The van der Waals surface area contributed by atoms with Crippen molar-refractivity contribution in [2.24, 2.45) is 0 Å². The van der Waals surface area contributed by atoms with Crippen LogP contribution in [0.5, 0.6) is 0 Å². The number of aromatic nitrogens is 2. The van der Waals surface area contributed by atoms with E-state index in [2.05, 4.69) is 19.6 Å². The minimum atomic E-state index is -4.41. The first-order valence-electron chi connectivity index (χ1n) is 11.5. The number of halogens is 3. The Kier molecular flexibility index (Phi) is 6.29. The molecule has 0 aliphatic carbocycles. The third-order valence-electron chi connectivity index (χ3n) is 6.67. The van der Waals surface area contributed by atoms with Crippen LogP contribution in [-0.4, -0.2) is 49.5 Å². The zero-order valence-corrected chi connectivity index (χ0v) is 19.7. The number of piperidine rings is 1. The molecule has 1 fully saturated rings. The fraction of sp³-hybridized carbons (Fsp3) is 0.320. The number of sulfonamides is 1. The Bertz CT molecular complexity index is 1450. The topological polar surface area (TPSA) is 78.1 Å². The van der Waals surface area contributed by atoms with Crippen LogP contribution in [0.25, 0.3) is 21.8 Å². The van der Waals surface area contributed by atoms with E-state index in [0.717, 1.165) is 11.5 Å². The van der Waals surface area contributed by atoms with Gasteiger partial charge in [-0.15, -0.1) is 0 Å². The van der Waals surface area contributed by atoms with Gasteiger partial charge in [-0.1, -0.05) is 24.3 Å². The quantitative estimate of drug-likeness (QED) is 0.394. The average molecular weight is 503 g/mol. The van der Waals surface area contributed by atoms with Crippen molar-refractivity contribution in [2.45, 2.75) is 29.8 Å². The zero-order chi connectivity index (χ0) is 24.6. The molecule has 4 aromatic rings. The lowest BCUT2D eigenvalue weighted by Crippen LogP contribution is -2.39. The molecule has 5 rings (SSSR count). The average Bonchev–Trinajstić information content (AvgIpc) is 3.28. The van der Waals surface area contributed by atoms with Gasteiger partial charge in [-0.3, -0.25) is 4.98 Å².